The first kappa shape index (κ1) is 19.0. The lowest BCUT2D eigenvalue weighted by atomic mass is 10.1. The average Bonchev–Trinajstić information content (AvgIpc) is 2.71. The molecule has 1 aromatic heterocycles. The Labute approximate surface area is 159 Å². The number of carbonyl (C=O) groups excluding carboxylic acids is 2. The van der Waals surface area contributed by atoms with Crippen molar-refractivity contribution in [2.24, 2.45) is 0 Å². The van der Waals surface area contributed by atoms with Crippen LogP contribution in [0.2, 0.25) is 0 Å². The summed E-state index contributed by atoms with van der Waals surface area (Å²) in [5, 5.41) is 5.15. The highest BCUT2D eigenvalue weighted by Gasteiger charge is 2.15. The Morgan fingerprint density at radius 1 is 1.00 bits per heavy atom. The minimum absolute atomic E-state index is 0.273. The number of hydrogen-bond acceptors (Lipinski definition) is 4. The van der Waals surface area contributed by atoms with Crippen LogP contribution in [-0.2, 0) is 0 Å². The summed E-state index contributed by atoms with van der Waals surface area (Å²) >= 11 is 0. The second kappa shape index (κ2) is 8.26. The van der Waals surface area contributed by atoms with Crippen molar-refractivity contribution in [1.29, 1.82) is 0 Å². The number of anilines is 2. The Hall–Kier alpha value is -3.81. The summed E-state index contributed by atoms with van der Waals surface area (Å²) in [4.78, 5) is 28.3. The molecule has 6 nitrogen and oxygen atoms in total. The van der Waals surface area contributed by atoms with Crippen LogP contribution in [0.4, 0.5) is 20.2 Å². The van der Waals surface area contributed by atoms with Crippen molar-refractivity contribution in [2.45, 2.75) is 0 Å². The van der Waals surface area contributed by atoms with Gasteiger partial charge < -0.3 is 15.4 Å². The molecule has 142 valence electrons. The predicted molar refractivity (Wildman–Crippen MR) is 99.5 cm³/mol. The Bertz CT molecular complexity index is 1030. The second-order valence-electron chi connectivity index (χ2n) is 5.69. The van der Waals surface area contributed by atoms with Gasteiger partial charge in [-0.05, 0) is 42.5 Å². The number of aromatic nitrogens is 1. The maximum absolute atomic E-state index is 13.7. The quantitative estimate of drug-likeness (QED) is 0.701. The number of hydrogen-bond donors (Lipinski definition) is 2. The molecule has 3 rings (SSSR count). The summed E-state index contributed by atoms with van der Waals surface area (Å²) in [5.74, 6) is -2.49. The third-order valence-electron chi connectivity index (χ3n) is 3.80. The molecule has 0 bridgehead atoms. The third-order valence-corrected chi connectivity index (χ3v) is 3.80. The van der Waals surface area contributed by atoms with Gasteiger partial charge >= 0.3 is 0 Å². The van der Waals surface area contributed by atoms with Crippen LogP contribution >= 0.6 is 0 Å². The maximum Gasteiger partial charge on any atom is 0.258 e. The van der Waals surface area contributed by atoms with Crippen LogP contribution in [0.5, 0.6) is 5.75 Å². The van der Waals surface area contributed by atoms with Crippen LogP contribution in [0.3, 0.4) is 0 Å². The van der Waals surface area contributed by atoms with E-state index in [0.717, 1.165) is 18.2 Å². The highest BCUT2D eigenvalue weighted by molar-refractivity contribution is 6.06. The molecule has 8 heteroatoms. The summed E-state index contributed by atoms with van der Waals surface area (Å²) in [5.41, 5.74) is 0.590. The molecule has 0 radical (unpaired) electrons. The summed E-state index contributed by atoms with van der Waals surface area (Å²) in [6, 6.07) is 10.3. The summed E-state index contributed by atoms with van der Waals surface area (Å²) < 4.78 is 32.2. The number of nitrogens with zero attached hydrogens (tertiary/aromatic N) is 1. The lowest BCUT2D eigenvalue weighted by Crippen LogP contribution is -2.15. The molecule has 2 N–H and O–H groups in total. The zero-order valence-corrected chi connectivity index (χ0v) is 14.7. The van der Waals surface area contributed by atoms with Gasteiger partial charge in [0.25, 0.3) is 11.8 Å². The Morgan fingerprint density at radius 2 is 1.82 bits per heavy atom. The topological polar surface area (TPSA) is 80.3 Å². The van der Waals surface area contributed by atoms with Gasteiger partial charge in [-0.1, -0.05) is 0 Å². The van der Waals surface area contributed by atoms with Gasteiger partial charge in [-0.2, -0.15) is 0 Å². The van der Waals surface area contributed by atoms with Gasteiger partial charge in [0.05, 0.1) is 23.9 Å². The highest BCUT2D eigenvalue weighted by atomic mass is 19.1. The first-order chi connectivity index (χ1) is 13.5. The van der Waals surface area contributed by atoms with Crippen molar-refractivity contribution in [1.82, 2.24) is 4.98 Å². The first-order valence-electron chi connectivity index (χ1n) is 8.14. The molecule has 0 spiro atoms. The number of methoxy groups -OCH3 is 1. The van der Waals surface area contributed by atoms with E-state index in [0.29, 0.717) is 11.3 Å². The molecule has 0 saturated heterocycles. The number of amides is 2. The molecular formula is C20H15F2N3O3. The van der Waals surface area contributed by atoms with E-state index >= 15 is 0 Å². The van der Waals surface area contributed by atoms with Crippen LogP contribution < -0.4 is 15.4 Å². The second-order valence-corrected chi connectivity index (χ2v) is 5.69. The SMILES string of the molecule is COc1cc(NC(=O)c2cc(F)ccc2F)ccc1NC(=O)c1cccnc1. The number of rotatable bonds is 5. The molecule has 28 heavy (non-hydrogen) atoms. The minimum Gasteiger partial charge on any atom is -0.494 e. The largest absolute Gasteiger partial charge is 0.494 e. The van der Waals surface area contributed by atoms with Crippen molar-refractivity contribution in [3.63, 3.8) is 0 Å². The zero-order chi connectivity index (χ0) is 20.1. The van der Waals surface area contributed by atoms with E-state index in [-0.39, 0.29) is 17.3 Å². The average molecular weight is 383 g/mol. The number of ether oxygens (including phenoxy) is 1. The van der Waals surface area contributed by atoms with Crippen LogP contribution in [0.15, 0.2) is 60.9 Å². The minimum atomic E-state index is -0.841. The van der Waals surface area contributed by atoms with Crippen LogP contribution in [-0.4, -0.2) is 23.9 Å². The van der Waals surface area contributed by atoms with Crippen molar-refractivity contribution in [2.75, 3.05) is 17.7 Å². The van der Waals surface area contributed by atoms with Crippen molar-refractivity contribution in [3.05, 3.63) is 83.7 Å². The van der Waals surface area contributed by atoms with Crippen LogP contribution in [0.25, 0.3) is 0 Å². The molecule has 0 atom stereocenters. The molecule has 0 fully saturated rings. The lowest BCUT2D eigenvalue weighted by Gasteiger charge is -2.13. The van der Waals surface area contributed by atoms with E-state index in [1.807, 2.05) is 0 Å². The molecule has 1 heterocycles. The van der Waals surface area contributed by atoms with Gasteiger partial charge in [0, 0.05) is 24.1 Å². The van der Waals surface area contributed by atoms with E-state index in [1.165, 1.54) is 31.5 Å². The molecule has 2 aromatic carbocycles. The van der Waals surface area contributed by atoms with Gasteiger partial charge in [-0.15, -0.1) is 0 Å². The van der Waals surface area contributed by atoms with Gasteiger partial charge in [-0.3, -0.25) is 14.6 Å². The van der Waals surface area contributed by atoms with Gasteiger partial charge in [-0.25, -0.2) is 8.78 Å². The van der Waals surface area contributed by atoms with Crippen molar-refractivity contribution >= 4 is 23.2 Å². The lowest BCUT2D eigenvalue weighted by molar-refractivity contribution is 0.101. The molecule has 0 saturated carbocycles. The molecule has 0 aliphatic heterocycles. The predicted octanol–water partition coefficient (Wildman–Crippen LogP) is 3.87. The number of benzene rings is 2. The molecule has 2 amide bonds. The fourth-order valence-electron chi connectivity index (χ4n) is 2.43. The molecular weight excluding hydrogens is 368 g/mol. The van der Waals surface area contributed by atoms with Gasteiger partial charge in [0.15, 0.2) is 0 Å². The highest BCUT2D eigenvalue weighted by Crippen LogP contribution is 2.29. The van der Waals surface area contributed by atoms with Crippen LogP contribution in [0.1, 0.15) is 20.7 Å². The fraction of sp³-hybridized carbons (Fsp3) is 0.0500. The van der Waals surface area contributed by atoms with Gasteiger partial charge in [0.2, 0.25) is 0 Å². The number of pyridine rings is 1. The first-order valence-corrected chi connectivity index (χ1v) is 8.14. The Balaban J connectivity index is 1.78. The molecule has 0 unspecified atom stereocenters. The van der Waals surface area contributed by atoms with Gasteiger partial charge in [0.1, 0.15) is 17.4 Å². The summed E-state index contributed by atoms with van der Waals surface area (Å²) in [7, 11) is 1.40. The van der Waals surface area contributed by atoms with E-state index in [9.17, 15) is 18.4 Å². The smallest absolute Gasteiger partial charge is 0.258 e. The van der Waals surface area contributed by atoms with E-state index < -0.39 is 23.1 Å². The normalized spacial score (nSPS) is 10.2. The Morgan fingerprint density at radius 3 is 2.54 bits per heavy atom. The maximum atomic E-state index is 13.7. The fourth-order valence-corrected chi connectivity index (χ4v) is 2.43. The molecule has 0 aliphatic carbocycles. The van der Waals surface area contributed by atoms with E-state index in [4.69, 9.17) is 4.74 Å². The van der Waals surface area contributed by atoms with E-state index in [2.05, 4.69) is 15.6 Å². The van der Waals surface area contributed by atoms with Crippen LogP contribution in [0, 0.1) is 11.6 Å². The zero-order valence-electron chi connectivity index (χ0n) is 14.7. The van der Waals surface area contributed by atoms with E-state index in [1.54, 1.807) is 18.3 Å². The summed E-state index contributed by atoms with van der Waals surface area (Å²) in [6.45, 7) is 0. The van der Waals surface area contributed by atoms with Crippen molar-refractivity contribution < 1.29 is 23.1 Å². The third kappa shape index (κ3) is 4.29. The van der Waals surface area contributed by atoms with Crippen molar-refractivity contribution in [3.8, 4) is 5.75 Å². The molecule has 3 aromatic rings. The molecule has 0 aliphatic rings. The summed E-state index contributed by atoms with van der Waals surface area (Å²) in [6.07, 6.45) is 2.97. The number of carbonyl (C=O) groups is 2. The standard InChI is InChI=1S/C20H15F2N3O3/c1-28-18-10-14(24-20(27)15-9-13(21)4-6-16(15)22)5-7-17(18)25-19(26)12-3-2-8-23-11-12/h2-11H,1H3,(H,24,27)(H,25,26). The number of nitrogens with one attached hydrogen (secondary N) is 2. The monoisotopic (exact) mass is 383 g/mol. The number of halogens is 2. The Kier molecular flexibility index (Phi) is 5.59.